The van der Waals surface area contributed by atoms with Crippen molar-refractivity contribution in [3.8, 4) is 0 Å². The van der Waals surface area contributed by atoms with Crippen LogP contribution in [0.25, 0.3) is 0 Å². The number of hydrogen-bond acceptors (Lipinski definition) is 2. The lowest BCUT2D eigenvalue weighted by Crippen LogP contribution is -2.41. The smallest absolute Gasteiger partial charge is 0.0429 e. The molecule has 2 aliphatic rings. The lowest BCUT2D eigenvalue weighted by Gasteiger charge is -2.33. The first-order chi connectivity index (χ1) is 9.24. The van der Waals surface area contributed by atoms with Crippen LogP contribution in [0.4, 0.5) is 5.69 Å². The minimum absolute atomic E-state index is 0.608. The second kappa shape index (κ2) is 5.54. The highest BCUT2D eigenvalue weighted by molar-refractivity contribution is 5.47. The molecule has 1 aromatic rings. The third-order valence-corrected chi connectivity index (χ3v) is 4.76. The van der Waals surface area contributed by atoms with Crippen LogP contribution in [-0.4, -0.2) is 30.1 Å². The van der Waals surface area contributed by atoms with Gasteiger partial charge in [0.15, 0.2) is 0 Å². The Labute approximate surface area is 117 Å². The van der Waals surface area contributed by atoms with Crippen LogP contribution in [0, 0.1) is 0 Å². The molecule has 2 nitrogen and oxygen atoms in total. The number of nitrogens with zero attached hydrogens (tertiary/aromatic N) is 1. The van der Waals surface area contributed by atoms with E-state index in [-0.39, 0.29) is 0 Å². The van der Waals surface area contributed by atoms with Crippen molar-refractivity contribution in [2.24, 2.45) is 0 Å². The molecule has 0 radical (unpaired) electrons. The molecular weight excluding hydrogens is 232 g/mol. The summed E-state index contributed by atoms with van der Waals surface area (Å²) in [7, 11) is 0. The van der Waals surface area contributed by atoms with Gasteiger partial charge in [-0.25, -0.2) is 0 Å². The van der Waals surface area contributed by atoms with E-state index in [1.54, 1.807) is 0 Å². The van der Waals surface area contributed by atoms with Crippen molar-refractivity contribution in [1.82, 2.24) is 4.90 Å². The molecule has 3 rings (SSSR count). The van der Waals surface area contributed by atoms with E-state index < -0.39 is 0 Å². The summed E-state index contributed by atoms with van der Waals surface area (Å²) in [4.78, 5) is 2.69. The summed E-state index contributed by atoms with van der Waals surface area (Å²) in [5.74, 6) is 0.608. The van der Waals surface area contributed by atoms with Gasteiger partial charge in [-0.3, -0.25) is 4.90 Å². The van der Waals surface area contributed by atoms with E-state index in [4.69, 9.17) is 0 Å². The highest BCUT2D eigenvalue weighted by atomic mass is 15.2. The van der Waals surface area contributed by atoms with E-state index in [9.17, 15) is 0 Å². The minimum Gasteiger partial charge on any atom is -0.381 e. The topological polar surface area (TPSA) is 15.3 Å². The van der Waals surface area contributed by atoms with E-state index in [1.165, 1.54) is 50.0 Å². The average molecular weight is 258 g/mol. The molecule has 0 bridgehead atoms. The van der Waals surface area contributed by atoms with Gasteiger partial charge in [0.05, 0.1) is 0 Å². The first-order valence-corrected chi connectivity index (χ1v) is 7.84. The molecule has 2 fully saturated rings. The van der Waals surface area contributed by atoms with Crippen LogP contribution in [0.2, 0.25) is 0 Å². The van der Waals surface area contributed by atoms with Gasteiger partial charge in [-0.2, -0.15) is 0 Å². The van der Waals surface area contributed by atoms with Crippen LogP contribution in [-0.2, 0) is 0 Å². The molecule has 1 aromatic carbocycles. The number of benzene rings is 1. The van der Waals surface area contributed by atoms with Gasteiger partial charge >= 0.3 is 0 Å². The number of rotatable bonds is 3. The van der Waals surface area contributed by atoms with Gasteiger partial charge in [-0.1, -0.05) is 32.4 Å². The Hall–Kier alpha value is -1.02. The van der Waals surface area contributed by atoms with E-state index in [0.717, 1.165) is 6.04 Å². The molecular formula is C17H26N2. The molecule has 2 atom stereocenters. The first-order valence-electron chi connectivity index (χ1n) is 7.84. The van der Waals surface area contributed by atoms with Crippen molar-refractivity contribution in [2.45, 2.75) is 57.5 Å². The summed E-state index contributed by atoms with van der Waals surface area (Å²) in [6.07, 6.45) is 5.48. The van der Waals surface area contributed by atoms with Gasteiger partial charge in [0, 0.05) is 24.3 Å². The quantitative estimate of drug-likeness (QED) is 0.886. The van der Waals surface area contributed by atoms with Gasteiger partial charge in [0.25, 0.3) is 0 Å². The van der Waals surface area contributed by atoms with Gasteiger partial charge in [-0.05, 0) is 49.4 Å². The maximum absolute atomic E-state index is 3.79. The molecule has 104 valence electrons. The van der Waals surface area contributed by atoms with Crippen molar-refractivity contribution in [2.75, 3.05) is 18.4 Å². The maximum atomic E-state index is 3.79. The average Bonchev–Trinajstić information content (AvgIpc) is 2.83. The molecule has 2 heterocycles. The van der Waals surface area contributed by atoms with Gasteiger partial charge in [-0.15, -0.1) is 0 Å². The van der Waals surface area contributed by atoms with Crippen molar-refractivity contribution in [3.63, 3.8) is 0 Å². The summed E-state index contributed by atoms with van der Waals surface area (Å²) < 4.78 is 0. The molecule has 2 unspecified atom stereocenters. The predicted octanol–water partition coefficient (Wildman–Crippen LogP) is 3.85. The van der Waals surface area contributed by atoms with Crippen LogP contribution in [0.3, 0.4) is 0 Å². The molecule has 0 saturated carbocycles. The zero-order valence-corrected chi connectivity index (χ0v) is 12.2. The monoisotopic (exact) mass is 258 g/mol. The number of piperidine rings is 1. The van der Waals surface area contributed by atoms with E-state index in [2.05, 4.69) is 48.3 Å². The lowest BCUT2D eigenvalue weighted by atomic mass is 9.98. The number of nitrogens with one attached hydrogen (secondary N) is 1. The van der Waals surface area contributed by atoms with E-state index in [0.29, 0.717) is 12.0 Å². The zero-order chi connectivity index (χ0) is 13.2. The first kappa shape index (κ1) is 13.0. The SMILES string of the molecule is CC(C)c1cccc(NC2CCN3CCCCC23)c1. The molecule has 0 aliphatic carbocycles. The molecule has 1 N–H and O–H groups in total. The summed E-state index contributed by atoms with van der Waals surface area (Å²) in [5, 5.41) is 3.79. The second-order valence-corrected chi connectivity index (χ2v) is 6.42. The third kappa shape index (κ3) is 2.79. The second-order valence-electron chi connectivity index (χ2n) is 6.42. The van der Waals surface area contributed by atoms with Crippen molar-refractivity contribution in [1.29, 1.82) is 0 Å². The van der Waals surface area contributed by atoms with Gasteiger partial charge in [0.1, 0.15) is 0 Å². The molecule has 2 heteroatoms. The van der Waals surface area contributed by atoms with Crippen molar-refractivity contribution >= 4 is 5.69 Å². The molecule has 0 spiro atoms. The van der Waals surface area contributed by atoms with Crippen LogP contribution >= 0.6 is 0 Å². The fraction of sp³-hybridized carbons (Fsp3) is 0.647. The van der Waals surface area contributed by atoms with E-state index in [1.807, 2.05) is 0 Å². The molecule has 19 heavy (non-hydrogen) atoms. The molecule has 0 aromatic heterocycles. The highest BCUT2D eigenvalue weighted by Crippen LogP contribution is 2.30. The summed E-state index contributed by atoms with van der Waals surface area (Å²) >= 11 is 0. The fourth-order valence-electron chi connectivity index (χ4n) is 3.62. The summed E-state index contributed by atoms with van der Waals surface area (Å²) in [5.41, 5.74) is 2.74. The van der Waals surface area contributed by atoms with Crippen LogP contribution in [0.15, 0.2) is 24.3 Å². The fourth-order valence-corrected chi connectivity index (χ4v) is 3.62. The Bertz CT molecular complexity index is 427. The van der Waals surface area contributed by atoms with Crippen LogP contribution < -0.4 is 5.32 Å². The Morgan fingerprint density at radius 3 is 2.89 bits per heavy atom. The Morgan fingerprint density at radius 2 is 2.05 bits per heavy atom. The highest BCUT2D eigenvalue weighted by Gasteiger charge is 2.35. The van der Waals surface area contributed by atoms with Crippen molar-refractivity contribution in [3.05, 3.63) is 29.8 Å². The van der Waals surface area contributed by atoms with Gasteiger partial charge in [0.2, 0.25) is 0 Å². The standard InChI is InChI=1S/C17H26N2/c1-13(2)14-6-5-7-15(12-14)18-16-9-11-19-10-4-3-8-17(16)19/h5-7,12-13,16-18H,3-4,8-11H2,1-2H3. The molecule has 2 aliphatic heterocycles. The zero-order valence-electron chi connectivity index (χ0n) is 12.2. The maximum Gasteiger partial charge on any atom is 0.0429 e. The number of hydrogen-bond donors (Lipinski definition) is 1. The molecule has 2 saturated heterocycles. The van der Waals surface area contributed by atoms with E-state index >= 15 is 0 Å². The number of fused-ring (bicyclic) bond motifs is 1. The number of anilines is 1. The summed E-state index contributed by atoms with van der Waals surface area (Å²) in [6, 6.07) is 10.4. The largest absolute Gasteiger partial charge is 0.381 e. The van der Waals surface area contributed by atoms with Crippen molar-refractivity contribution < 1.29 is 0 Å². The third-order valence-electron chi connectivity index (χ3n) is 4.76. The lowest BCUT2D eigenvalue weighted by molar-refractivity contribution is 0.193. The molecule has 0 amide bonds. The predicted molar refractivity (Wildman–Crippen MR) is 81.8 cm³/mol. The van der Waals surface area contributed by atoms with Crippen LogP contribution in [0.5, 0.6) is 0 Å². The minimum atomic E-state index is 0.608. The van der Waals surface area contributed by atoms with Gasteiger partial charge < -0.3 is 5.32 Å². The Balaban J connectivity index is 1.69. The Morgan fingerprint density at radius 1 is 1.16 bits per heavy atom. The summed E-state index contributed by atoms with van der Waals surface area (Å²) in [6.45, 7) is 7.12. The van der Waals surface area contributed by atoms with Crippen LogP contribution in [0.1, 0.15) is 51.0 Å². The Kier molecular flexibility index (Phi) is 3.79. The normalized spacial score (nSPS) is 27.5.